The molecule has 0 fully saturated rings. The molecule has 0 saturated carbocycles. The van der Waals surface area contributed by atoms with Gasteiger partial charge in [0.15, 0.2) is 6.79 Å². The Kier molecular flexibility index (Phi) is 2.22. The normalized spacial score (nSPS) is 14.2. The molecule has 0 amide bonds. The number of halogens is 1. The van der Waals surface area contributed by atoms with E-state index in [1.165, 1.54) is 6.07 Å². The maximum Gasteiger partial charge on any atom is 0.189 e. The Bertz CT molecular complexity index is 568. The number of hydrogen-bond donors (Lipinski definition) is 2. The number of ether oxygens (including phenoxy) is 2. The third-order valence-corrected chi connectivity index (χ3v) is 2.63. The Morgan fingerprint density at radius 1 is 1.41 bits per heavy atom. The van der Waals surface area contributed by atoms with Crippen LogP contribution in [0.1, 0.15) is 5.56 Å². The molecule has 0 aliphatic carbocycles. The monoisotopic (exact) mass is 235 g/mol. The lowest BCUT2D eigenvalue weighted by Gasteiger charge is -2.20. The van der Waals surface area contributed by atoms with Crippen molar-refractivity contribution in [1.29, 1.82) is 0 Å². The molecule has 1 aromatic heterocycles. The second-order valence-electron chi connectivity index (χ2n) is 3.72. The Morgan fingerprint density at radius 2 is 2.29 bits per heavy atom. The van der Waals surface area contributed by atoms with Gasteiger partial charge >= 0.3 is 0 Å². The van der Waals surface area contributed by atoms with Crippen molar-refractivity contribution in [2.75, 3.05) is 12.5 Å². The number of aromatic amines is 1. The van der Waals surface area contributed by atoms with E-state index in [-0.39, 0.29) is 12.6 Å². The van der Waals surface area contributed by atoms with Crippen molar-refractivity contribution < 1.29 is 13.9 Å². The van der Waals surface area contributed by atoms with Gasteiger partial charge in [-0.2, -0.15) is 5.10 Å². The molecule has 1 aliphatic heterocycles. The number of nitrogens with zero attached hydrogens (tertiary/aromatic N) is 1. The summed E-state index contributed by atoms with van der Waals surface area (Å²) in [6, 6.07) is 4.53. The molecule has 0 atom stereocenters. The molecular formula is C11H10FN3O2. The van der Waals surface area contributed by atoms with Crippen LogP contribution in [0.5, 0.6) is 5.75 Å². The third kappa shape index (κ3) is 1.62. The lowest BCUT2D eigenvalue weighted by Crippen LogP contribution is -2.13. The van der Waals surface area contributed by atoms with Crippen LogP contribution in [-0.2, 0) is 11.3 Å². The van der Waals surface area contributed by atoms with Crippen LogP contribution in [0, 0.1) is 5.82 Å². The number of H-pyrrole nitrogens is 1. The van der Waals surface area contributed by atoms with Crippen molar-refractivity contribution in [3.8, 4) is 17.0 Å². The molecule has 0 saturated heterocycles. The van der Waals surface area contributed by atoms with Crippen molar-refractivity contribution in [3.63, 3.8) is 0 Å². The number of nitrogens with one attached hydrogen (secondary N) is 1. The van der Waals surface area contributed by atoms with Gasteiger partial charge in [-0.25, -0.2) is 4.39 Å². The average Bonchev–Trinajstić information content (AvgIpc) is 2.75. The summed E-state index contributed by atoms with van der Waals surface area (Å²) in [7, 11) is 0. The SMILES string of the molecule is Nc1cc(-c2c(F)ccc3c2COCO3)[nH]n1. The van der Waals surface area contributed by atoms with Crippen molar-refractivity contribution >= 4 is 5.82 Å². The summed E-state index contributed by atoms with van der Waals surface area (Å²) in [6.45, 7) is 0.491. The Morgan fingerprint density at radius 3 is 3.06 bits per heavy atom. The molecule has 0 bridgehead atoms. The first kappa shape index (κ1) is 10.1. The standard InChI is InChI=1S/C11H10FN3O2/c12-7-1-2-9-6(4-16-5-17-9)11(7)8-3-10(13)15-14-8/h1-3H,4-5H2,(H3,13,14,15). The average molecular weight is 235 g/mol. The lowest BCUT2D eigenvalue weighted by molar-refractivity contribution is -0.0162. The van der Waals surface area contributed by atoms with E-state index in [1.807, 2.05) is 0 Å². The fourth-order valence-corrected chi connectivity index (χ4v) is 1.88. The molecule has 0 unspecified atom stereocenters. The van der Waals surface area contributed by atoms with E-state index in [0.29, 0.717) is 35.0 Å². The van der Waals surface area contributed by atoms with E-state index in [4.69, 9.17) is 15.2 Å². The largest absolute Gasteiger partial charge is 0.467 e. The summed E-state index contributed by atoms with van der Waals surface area (Å²) in [5.74, 6) is 0.581. The maximum atomic E-state index is 13.9. The van der Waals surface area contributed by atoms with Crippen LogP contribution in [0.4, 0.5) is 10.2 Å². The van der Waals surface area contributed by atoms with Crippen LogP contribution in [0.15, 0.2) is 18.2 Å². The van der Waals surface area contributed by atoms with Crippen LogP contribution in [0.25, 0.3) is 11.3 Å². The van der Waals surface area contributed by atoms with E-state index in [0.717, 1.165) is 0 Å². The first-order valence-corrected chi connectivity index (χ1v) is 5.09. The van der Waals surface area contributed by atoms with Crippen LogP contribution in [0.3, 0.4) is 0 Å². The number of fused-ring (bicyclic) bond motifs is 1. The highest BCUT2D eigenvalue weighted by molar-refractivity contribution is 5.69. The predicted octanol–water partition coefficient (Wildman–Crippen LogP) is 1.66. The predicted molar refractivity (Wildman–Crippen MR) is 58.7 cm³/mol. The molecule has 2 heterocycles. The number of anilines is 1. The summed E-state index contributed by atoms with van der Waals surface area (Å²) in [4.78, 5) is 0. The van der Waals surface area contributed by atoms with Gasteiger partial charge in [0.1, 0.15) is 17.4 Å². The first-order valence-electron chi connectivity index (χ1n) is 5.09. The Hall–Kier alpha value is -2.08. The third-order valence-electron chi connectivity index (χ3n) is 2.63. The molecular weight excluding hydrogens is 225 g/mol. The van der Waals surface area contributed by atoms with Gasteiger partial charge in [-0.1, -0.05) is 0 Å². The zero-order valence-electron chi connectivity index (χ0n) is 8.87. The molecule has 88 valence electrons. The molecule has 0 radical (unpaired) electrons. The van der Waals surface area contributed by atoms with Gasteiger partial charge in [-0.15, -0.1) is 0 Å². The summed E-state index contributed by atoms with van der Waals surface area (Å²) >= 11 is 0. The highest BCUT2D eigenvalue weighted by Gasteiger charge is 2.20. The quantitative estimate of drug-likeness (QED) is 0.788. The minimum atomic E-state index is -0.360. The molecule has 17 heavy (non-hydrogen) atoms. The van der Waals surface area contributed by atoms with Crippen LogP contribution >= 0.6 is 0 Å². The number of nitrogens with two attached hydrogens (primary N) is 1. The Labute approximate surface area is 96.3 Å². The number of aromatic nitrogens is 2. The smallest absolute Gasteiger partial charge is 0.189 e. The van der Waals surface area contributed by atoms with Crippen LogP contribution in [-0.4, -0.2) is 17.0 Å². The van der Waals surface area contributed by atoms with Gasteiger partial charge in [0.25, 0.3) is 0 Å². The van der Waals surface area contributed by atoms with Crippen molar-refractivity contribution in [1.82, 2.24) is 10.2 Å². The highest BCUT2D eigenvalue weighted by Crippen LogP contribution is 2.35. The summed E-state index contributed by atoms with van der Waals surface area (Å²) in [5, 5.41) is 6.47. The fraction of sp³-hybridized carbons (Fsp3) is 0.182. The molecule has 3 rings (SSSR count). The van der Waals surface area contributed by atoms with Crippen molar-refractivity contribution in [3.05, 3.63) is 29.6 Å². The fourth-order valence-electron chi connectivity index (χ4n) is 1.88. The number of rotatable bonds is 1. The molecule has 0 spiro atoms. The summed E-state index contributed by atoms with van der Waals surface area (Å²) in [5.41, 5.74) is 7.10. The van der Waals surface area contributed by atoms with Gasteiger partial charge < -0.3 is 15.2 Å². The molecule has 3 N–H and O–H groups in total. The topological polar surface area (TPSA) is 73.2 Å². The number of nitrogen functional groups attached to an aromatic ring is 1. The number of hydrogen-bond acceptors (Lipinski definition) is 4. The Balaban J connectivity index is 2.20. The molecule has 6 heteroatoms. The second-order valence-corrected chi connectivity index (χ2v) is 3.72. The van der Waals surface area contributed by atoms with Crippen LogP contribution < -0.4 is 10.5 Å². The summed E-state index contributed by atoms with van der Waals surface area (Å²) < 4.78 is 24.3. The highest BCUT2D eigenvalue weighted by atomic mass is 19.1. The van der Waals surface area contributed by atoms with Crippen molar-refractivity contribution in [2.24, 2.45) is 0 Å². The van der Waals surface area contributed by atoms with Gasteiger partial charge in [-0.3, -0.25) is 5.10 Å². The number of benzene rings is 1. The maximum absolute atomic E-state index is 13.9. The zero-order valence-corrected chi connectivity index (χ0v) is 8.87. The minimum absolute atomic E-state index is 0.184. The van der Waals surface area contributed by atoms with E-state index < -0.39 is 0 Å². The van der Waals surface area contributed by atoms with Gasteiger partial charge in [0.2, 0.25) is 0 Å². The van der Waals surface area contributed by atoms with Crippen molar-refractivity contribution in [2.45, 2.75) is 6.61 Å². The van der Waals surface area contributed by atoms with E-state index in [1.54, 1.807) is 12.1 Å². The molecule has 1 aliphatic rings. The molecule has 2 aromatic rings. The van der Waals surface area contributed by atoms with E-state index in [2.05, 4.69) is 10.2 Å². The molecule has 5 nitrogen and oxygen atoms in total. The molecule has 1 aromatic carbocycles. The lowest BCUT2D eigenvalue weighted by atomic mass is 10.0. The summed E-state index contributed by atoms with van der Waals surface area (Å²) in [6.07, 6.45) is 0. The van der Waals surface area contributed by atoms with Gasteiger partial charge in [0.05, 0.1) is 12.3 Å². The first-order chi connectivity index (χ1) is 8.25. The minimum Gasteiger partial charge on any atom is -0.467 e. The zero-order chi connectivity index (χ0) is 11.8. The van der Waals surface area contributed by atoms with E-state index >= 15 is 0 Å². The van der Waals surface area contributed by atoms with E-state index in [9.17, 15) is 4.39 Å². The van der Waals surface area contributed by atoms with Crippen LogP contribution in [0.2, 0.25) is 0 Å². The van der Waals surface area contributed by atoms with Gasteiger partial charge in [0, 0.05) is 17.2 Å². The van der Waals surface area contributed by atoms with Gasteiger partial charge in [-0.05, 0) is 12.1 Å². The second kappa shape index (κ2) is 3.74.